The molecule has 1 atom stereocenters. The topological polar surface area (TPSA) is 50.9 Å². The van der Waals surface area contributed by atoms with Crippen LogP contribution in [-0.2, 0) is 0 Å². The number of hydrazine groups is 1. The van der Waals surface area contributed by atoms with E-state index in [4.69, 9.17) is 5.84 Å². The number of nitrogens with two attached hydrogens (primary N) is 1. The van der Waals surface area contributed by atoms with Crippen molar-refractivity contribution in [2.75, 3.05) is 0 Å². The molecule has 96 valence electrons. The molecule has 19 heavy (non-hydrogen) atoms. The Bertz CT molecular complexity index is 705. The number of benzene rings is 1. The van der Waals surface area contributed by atoms with Crippen molar-refractivity contribution < 1.29 is 0 Å². The van der Waals surface area contributed by atoms with Gasteiger partial charge in [-0.05, 0) is 40.4 Å². The normalized spacial score (nSPS) is 12.7. The van der Waals surface area contributed by atoms with Crippen molar-refractivity contribution in [2.45, 2.75) is 13.0 Å². The number of fused-ring (bicyclic) bond motifs is 1. The molecule has 0 saturated heterocycles. The Hall–Kier alpha value is -1.75. The van der Waals surface area contributed by atoms with Gasteiger partial charge in [-0.25, -0.2) is 5.43 Å². The third kappa shape index (κ3) is 2.26. The number of thiophene rings is 1. The lowest BCUT2D eigenvalue weighted by atomic mass is 9.99. The van der Waals surface area contributed by atoms with Gasteiger partial charge in [0.05, 0.1) is 6.04 Å². The van der Waals surface area contributed by atoms with Gasteiger partial charge in [0, 0.05) is 17.1 Å². The summed E-state index contributed by atoms with van der Waals surface area (Å²) in [5, 5.41) is 3.36. The average Bonchev–Trinajstić information content (AvgIpc) is 2.89. The van der Waals surface area contributed by atoms with Gasteiger partial charge in [0.1, 0.15) is 0 Å². The Balaban J connectivity index is 2.14. The fraction of sp³-hybridized carbons (Fsp3) is 0.133. The fourth-order valence-electron chi connectivity index (χ4n) is 2.35. The van der Waals surface area contributed by atoms with Crippen LogP contribution in [0.25, 0.3) is 10.1 Å². The average molecular weight is 269 g/mol. The van der Waals surface area contributed by atoms with Gasteiger partial charge < -0.3 is 0 Å². The Labute approximate surface area is 116 Å². The van der Waals surface area contributed by atoms with Gasteiger partial charge >= 0.3 is 0 Å². The molecule has 1 unspecified atom stereocenters. The molecule has 4 heteroatoms. The van der Waals surface area contributed by atoms with Crippen LogP contribution in [0.3, 0.4) is 0 Å². The summed E-state index contributed by atoms with van der Waals surface area (Å²) in [5.74, 6) is 5.77. The summed E-state index contributed by atoms with van der Waals surface area (Å²) >= 11 is 1.74. The number of nitrogens with one attached hydrogen (secondary N) is 1. The molecule has 2 heterocycles. The predicted molar refractivity (Wildman–Crippen MR) is 80.0 cm³/mol. The molecule has 1 aromatic carbocycles. The van der Waals surface area contributed by atoms with Crippen molar-refractivity contribution in [3.63, 3.8) is 0 Å². The van der Waals surface area contributed by atoms with Crippen LogP contribution in [0.2, 0.25) is 0 Å². The summed E-state index contributed by atoms with van der Waals surface area (Å²) in [6.07, 6.45) is 3.72. The van der Waals surface area contributed by atoms with E-state index in [0.717, 1.165) is 11.1 Å². The van der Waals surface area contributed by atoms with E-state index < -0.39 is 0 Å². The number of nitrogens with zero attached hydrogens (tertiary/aromatic N) is 1. The summed E-state index contributed by atoms with van der Waals surface area (Å²) in [4.78, 5) is 4.25. The number of hydrogen-bond donors (Lipinski definition) is 2. The molecular formula is C15H15N3S. The molecule has 2 aromatic heterocycles. The molecule has 0 bridgehead atoms. The van der Waals surface area contributed by atoms with Gasteiger partial charge in [0.15, 0.2) is 0 Å². The SMILES string of the molecule is Cc1cncc(C(NN)c2cccc3ccsc23)c1. The molecule has 0 spiro atoms. The summed E-state index contributed by atoms with van der Waals surface area (Å²) < 4.78 is 1.27. The van der Waals surface area contributed by atoms with Crippen LogP contribution in [0, 0.1) is 6.92 Å². The van der Waals surface area contributed by atoms with E-state index in [1.165, 1.54) is 15.6 Å². The molecular weight excluding hydrogens is 254 g/mol. The highest BCUT2D eigenvalue weighted by Crippen LogP contribution is 2.31. The van der Waals surface area contributed by atoms with Gasteiger partial charge in [-0.15, -0.1) is 11.3 Å². The van der Waals surface area contributed by atoms with Crippen LogP contribution in [0.5, 0.6) is 0 Å². The number of rotatable bonds is 3. The van der Waals surface area contributed by atoms with Crippen molar-refractivity contribution in [2.24, 2.45) is 5.84 Å². The Kier molecular flexibility index (Phi) is 3.29. The van der Waals surface area contributed by atoms with Crippen LogP contribution < -0.4 is 11.3 Å². The summed E-state index contributed by atoms with van der Waals surface area (Å²) in [6, 6.07) is 10.5. The fourth-order valence-corrected chi connectivity index (χ4v) is 3.29. The standard InChI is InChI=1S/C15H15N3S/c1-10-7-12(9-17-8-10)14(18-16)13-4-2-3-11-5-6-19-15(11)13/h2-9,14,18H,16H2,1H3. The number of hydrogen-bond acceptors (Lipinski definition) is 4. The van der Waals surface area contributed by atoms with E-state index in [1.54, 1.807) is 11.3 Å². The molecule has 3 aromatic rings. The summed E-state index contributed by atoms with van der Waals surface area (Å²) in [5.41, 5.74) is 6.33. The molecule has 3 nitrogen and oxygen atoms in total. The Morgan fingerprint density at radius 1 is 1.26 bits per heavy atom. The lowest BCUT2D eigenvalue weighted by Crippen LogP contribution is -2.29. The molecule has 3 rings (SSSR count). The first-order chi connectivity index (χ1) is 9.29. The van der Waals surface area contributed by atoms with Crippen LogP contribution in [0.4, 0.5) is 0 Å². The quantitative estimate of drug-likeness (QED) is 0.567. The van der Waals surface area contributed by atoms with Crippen molar-refractivity contribution in [3.05, 3.63) is 64.8 Å². The second-order valence-electron chi connectivity index (χ2n) is 4.58. The zero-order valence-electron chi connectivity index (χ0n) is 10.6. The van der Waals surface area contributed by atoms with E-state index >= 15 is 0 Å². The molecule has 0 amide bonds. The van der Waals surface area contributed by atoms with E-state index in [0.29, 0.717) is 0 Å². The zero-order chi connectivity index (χ0) is 13.2. The highest BCUT2D eigenvalue weighted by molar-refractivity contribution is 7.17. The van der Waals surface area contributed by atoms with Gasteiger partial charge in [0.2, 0.25) is 0 Å². The molecule has 0 radical (unpaired) electrons. The van der Waals surface area contributed by atoms with Gasteiger partial charge in [-0.2, -0.15) is 0 Å². The minimum atomic E-state index is -0.0326. The van der Waals surface area contributed by atoms with Crippen molar-refractivity contribution >= 4 is 21.4 Å². The smallest absolute Gasteiger partial charge is 0.0738 e. The zero-order valence-corrected chi connectivity index (χ0v) is 11.4. The molecule has 0 aliphatic heterocycles. The van der Waals surface area contributed by atoms with Gasteiger partial charge in [-0.3, -0.25) is 10.8 Å². The minimum absolute atomic E-state index is 0.0326. The molecule has 0 aliphatic carbocycles. The highest BCUT2D eigenvalue weighted by atomic mass is 32.1. The van der Waals surface area contributed by atoms with Crippen molar-refractivity contribution in [1.29, 1.82) is 0 Å². The summed E-state index contributed by atoms with van der Waals surface area (Å²) in [6.45, 7) is 2.04. The first-order valence-corrected chi connectivity index (χ1v) is 7.01. The number of aryl methyl sites for hydroxylation is 1. The first kappa shape index (κ1) is 12.3. The van der Waals surface area contributed by atoms with Crippen LogP contribution in [0.1, 0.15) is 22.7 Å². The third-order valence-electron chi connectivity index (χ3n) is 3.22. The first-order valence-electron chi connectivity index (χ1n) is 6.13. The largest absolute Gasteiger partial charge is 0.271 e. The van der Waals surface area contributed by atoms with Gasteiger partial charge in [-0.1, -0.05) is 24.3 Å². The van der Waals surface area contributed by atoms with Crippen molar-refractivity contribution in [3.8, 4) is 0 Å². The second kappa shape index (κ2) is 5.09. The monoisotopic (exact) mass is 269 g/mol. The number of pyridine rings is 1. The molecule has 0 aliphatic rings. The molecule has 0 saturated carbocycles. The Morgan fingerprint density at radius 2 is 2.16 bits per heavy atom. The Morgan fingerprint density at radius 3 is 2.95 bits per heavy atom. The van der Waals surface area contributed by atoms with Crippen LogP contribution >= 0.6 is 11.3 Å². The number of aromatic nitrogens is 1. The van der Waals surface area contributed by atoms with E-state index in [1.807, 2.05) is 19.3 Å². The minimum Gasteiger partial charge on any atom is -0.271 e. The molecule has 0 fully saturated rings. The maximum Gasteiger partial charge on any atom is 0.0738 e. The van der Waals surface area contributed by atoms with E-state index in [-0.39, 0.29) is 6.04 Å². The van der Waals surface area contributed by atoms with Crippen LogP contribution in [-0.4, -0.2) is 4.98 Å². The highest BCUT2D eigenvalue weighted by Gasteiger charge is 2.16. The van der Waals surface area contributed by atoms with Crippen LogP contribution in [0.15, 0.2) is 48.1 Å². The lowest BCUT2D eigenvalue weighted by molar-refractivity contribution is 0.639. The summed E-state index contributed by atoms with van der Waals surface area (Å²) in [7, 11) is 0. The third-order valence-corrected chi connectivity index (χ3v) is 4.20. The lowest BCUT2D eigenvalue weighted by Gasteiger charge is -2.17. The van der Waals surface area contributed by atoms with E-state index in [9.17, 15) is 0 Å². The maximum atomic E-state index is 5.77. The second-order valence-corrected chi connectivity index (χ2v) is 5.50. The maximum absolute atomic E-state index is 5.77. The molecule has 3 N–H and O–H groups in total. The predicted octanol–water partition coefficient (Wildman–Crippen LogP) is 3.16. The van der Waals surface area contributed by atoms with Gasteiger partial charge in [0.25, 0.3) is 0 Å². The van der Waals surface area contributed by atoms with Crippen molar-refractivity contribution in [1.82, 2.24) is 10.4 Å². The van der Waals surface area contributed by atoms with E-state index in [2.05, 4.69) is 46.1 Å².